The summed E-state index contributed by atoms with van der Waals surface area (Å²) in [7, 11) is 3.00. The maximum atomic E-state index is 11.8. The zero-order valence-electron chi connectivity index (χ0n) is 28.3. The number of esters is 1. The molecule has 4 aromatic rings. The number of carbonyl (C=O) groups excluding carboxylic acids is 2. The van der Waals surface area contributed by atoms with Crippen molar-refractivity contribution in [2.24, 2.45) is 11.8 Å². The number of ether oxygens (including phenoxy) is 3. The van der Waals surface area contributed by atoms with E-state index in [0.29, 0.717) is 59.6 Å². The molecule has 2 atom stereocenters. The van der Waals surface area contributed by atoms with E-state index in [1.54, 1.807) is 7.11 Å². The van der Waals surface area contributed by atoms with Crippen LogP contribution in [-0.2, 0) is 33.8 Å². The molecule has 0 spiro atoms. The lowest BCUT2D eigenvalue weighted by atomic mass is 9.93. The van der Waals surface area contributed by atoms with Gasteiger partial charge in [-0.1, -0.05) is 83.9 Å². The summed E-state index contributed by atoms with van der Waals surface area (Å²) in [6.45, 7) is 3.45. The Morgan fingerprint density at radius 3 is 2.44 bits per heavy atom. The van der Waals surface area contributed by atoms with Crippen LogP contribution in [0.4, 0.5) is 0 Å². The fourth-order valence-corrected chi connectivity index (χ4v) is 8.05. The number of likely N-dealkylation sites (tertiary alicyclic amines) is 1. The van der Waals surface area contributed by atoms with Gasteiger partial charge in [0, 0.05) is 55.7 Å². The van der Waals surface area contributed by atoms with Gasteiger partial charge in [-0.2, -0.15) is 4.98 Å². The van der Waals surface area contributed by atoms with Crippen molar-refractivity contribution in [1.29, 1.82) is 0 Å². The minimum absolute atomic E-state index is 0.108. The summed E-state index contributed by atoms with van der Waals surface area (Å²) in [4.78, 5) is 30.2. The highest BCUT2D eigenvalue weighted by Gasteiger charge is 2.34. The number of halogens is 2. The lowest BCUT2D eigenvalue weighted by Crippen LogP contribution is -2.50. The summed E-state index contributed by atoms with van der Waals surface area (Å²) in [5.41, 5.74) is 8.47. The van der Waals surface area contributed by atoms with Crippen molar-refractivity contribution in [2.75, 3.05) is 33.9 Å². The molecule has 1 aliphatic heterocycles. The quantitative estimate of drug-likeness (QED) is 0.149. The molecule has 50 heavy (non-hydrogen) atoms. The smallest absolute Gasteiger partial charge is 0.311 e. The third-order valence-electron chi connectivity index (χ3n) is 10.2. The largest absolute Gasteiger partial charge is 0.481 e. The molecule has 3 aromatic carbocycles. The maximum absolute atomic E-state index is 11.8. The molecule has 3 aliphatic rings. The monoisotopic (exact) mass is 713 g/mol. The molecule has 2 fully saturated rings. The maximum Gasteiger partial charge on any atom is 0.311 e. The zero-order chi connectivity index (χ0) is 34.8. The van der Waals surface area contributed by atoms with Crippen LogP contribution in [0.15, 0.2) is 66.7 Å². The average molecular weight is 715 g/mol. The van der Waals surface area contributed by atoms with Crippen LogP contribution >= 0.6 is 23.2 Å². The van der Waals surface area contributed by atoms with Crippen LogP contribution in [-0.4, -0.2) is 55.5 Å². The van der Waals surface area contributed by atoms with Crippen molar-refractivity contribution < 1.29 is 23.8 Å². The number of hydrogen-bond donors (Lipinski definition) is 1. The van der Waals surface area contributed by atoms with E-state index in [4.69, 9.17) is 37.4 Å². The molecule has 1 N–H and O–H groups in total. The normalized spacial score (nSPS) is 18.9. The number of aromatic nitrogens is 1. The van der Waals surface area contributed by atoms with Gasteiger partial charge in [-0.15, -0.1) is 0 Å². The average Bonchev–Trinajstić information content (AvgIpc) is 3.72. The second kappa shape index (κ2) is 15.1. The van der Waals surface area contributed by atoms with Crippen molar-refractivity contribution in [2.45, 2.75) is 51.3 Å². The lowest BCUT2D eigenvalue weighted by Gasteiger charge is -2.37. The van der Waals surface area contributed by atoms with Crippen molar-refractivity contribution in [1.82, 2.24) is 15.2 Å². The minimum Gasteiger partial charge on any atom is -0.481 e. The second-order valence-electron chi connectivity index (χ2n) is 13.5. The van der Waals surface area contributed by atoms with E-state index >= 15 is 0 Å². The van der Waals surface area contributed by atoms with E-state index in [2.05, 4.69) is 75.9 Å². The number of rotatable bonds is 12. The van der Waals surface area contributed by atoms with E-state index in [1.165, 1.54) is 18.2 Å². The molecule has 2 aliphatic carbocycles. The topological polar surface area (TPSA) is 90.0 Å². The Morgan fingerprint density at radius 2 is 1.70 bits per heavy atom. The molecular formula is C40H41Cl2N3O5. The Hall–Kier alpha value is -3.95. The van der Waals surface area contributed by atoms with Crippen LogP contribution in [0.3, 0.4) is 0 Å². The Bertz CT molecular complexity index is 1890. The number of methoxy groups -OCH3 is 2. The summed E-state index contributed by atoms with van der Waals surface area (Å²) < 4.78 is 17.0. The molecule has 2 heterocycles. The summed E-state index contributed by atoms with van der Waals surface area (Å²) >= 11 is 13.9. The van der Waals surface area contributed by atoms with Gasteiger partial charge in [0.2, 0.25) is 11.8 Å². The molecule has 0 radical (unpaired) electrons. The molecule has 0 unspecified atom stereocenters. The molecule has 8 nitrogen and oxygen atoms in total. The highest BCUT2D eigenvalue weighted by molar-refractivity contribution is 6.36. The molecule has 10 heteroatoms. The van der Waals surface area contributed by atoms with E-state index in [9.17, 15) is 9.59 Å². The number of benzene rings is 3. The third kappa shape index (κ3) is 7.26. The third-order valence-corrected chi connectivity index (χ3v) is 10.9. The predicted molar refractivity (Wildman–Crippen MR) is 195 cm³/mol. The van der Waals surface area contributed by atoms with Gasteiger partial charge >= 0.3 is 5.97 Å². The van der Waals surface area contributed by atoms with Crippen LogP contribution in [0.1, 0.15) is 54.0 Å². The number of pyridine rings is 1. The number of fused-ring (bicyclic) bond motifs is 1. The molecule has 0 amide bonds. The van der Waals surface area contributed by atoms with Crippen molar-refractivity contribution in [3.8, 4) is 34.0 Å². The number of hydrogen-bond acceptors (Lipinski definition) is 8. The van der Waals surface area contributed by atoms with Crippen molar-refractivity contribution >= 4 is 35.0 Å². The van der Waals surface area contributed by atoms with Gasteiger partial charge in [-0.3, -0.25) is 14.5 Å². The summed E-state index contributed by atoms with van der Waals surface area (Å²) in [6, 6.07) is 22.9. The van der Waals surface area contributed by atoms with Crippen molar-refractivity contribution in [3.63, 3.8) is 0 Å². The Kier molecular flexibility index (Phi) is 10.4. The number of ketones is 1. The van der Waals surface area contributed by atoms with E-state index < -0.39 is 0 Å². The van der Waals surface area contributed by atoms with Crippen LogP contribution in [0.5, 0.6) is 11.8 Å². The van der Waals surface area contributed by atoms with Gasteiger partial charge in [-0.25, -0.2) is 0 Å². The number of carbonyl (C=O) groups is 2. The highest BCUT2D eigenvalue weighted by Crippen LogP contribution is 2.45. The van der Waals surface area contributed by atoms with Gasteiger partial charge < -0.3 is 19.5 Å². The van der Waals surface area contributed by atoms with Crippen LogP contribution < -0.4 is 14.8 Å². The van der Waals surface area contributed by atoms with E-state index in [1.807, 2.05) is 6.07 Å². The molecule has 1 aromatic heterocycles. The zero-order valence-corrected chi connectivity index (χ0v) is 29.9. The van der Waals surface area contributed by atoms with Crippen LogP contribution in [0, 0.1) is 11.8 Å². The van der Waals surface area contributed by atoms with Gasteiger partial charge in [0.25, 0.3) is 0 Å². The first-order valence-electron chi connectivity index (χ1n) is 17.2. The fourth-order valence-electron chi connectivity index (χ4n) is 7.50. The molecule has 1 saturated heterocycles. The Labute approximate surface area is 303 Å². The standard InChI is InChI=1S/C40H41Cl2N3O5/c1-48-38-27(21-45-22-28(23-45)40(47)49-2)18-35(41)39(44-38)50-36-16-15-32-31(6-4-7-33(32)36)34-8-3-5-30(37(34)42)26-12-9-24(10-13-26)19-43-20-25-11-14-29(46)17-25/h3-10,12-13,18,25,28,36,43H,11,14-17,19-23H2,1-2H3/t25-,36+/m1/s1. The van der Waals surface area contributed by atoms with Gasteiger partial charge in [0.1, 0.15) is 16.9 Å². The Balaban J connectivity index is 1.04. The predicted octanol–water partition coefficient (Wildman–Crippen LogP) is 7.86. The number of nitrogens with one attached hydrogen (secondary N) is 1. The second-order valence-corrected chi connectivity index (χ2v) is 14.3. The molecule has 260 valence electrons. The summed E-state index contributed by atoms with van der Waals surface area (Å²) in [5.74, 6) is 1.33. The molecule has 1 saturated carbocycles. The fraction of sp³-hybridized carbons (Fsp3) is 0.375. The van der Waals surface area contributed by atoms with Gasteiger partial charge in [-0.05, 0) is 65.6 Å². The van der Waals surface area contributed by atoms with Gasteiger partial charge in [0.05, 0.1) is 25.2 Å². The van der Waals surface area contributed by atoms with Crippen LogP contribution in [0.2, 0.25) is 10.0 Å². The SMILES string of the molecule is COC(=O)C1CN(Cc2cc(Cl)c(O[C@H]3CCc4c(-c5cccc(-c6ccc(CNC[C@@H]7CCC(=O)C7)cc6)c5Cl)cccc43)nc2OC)C1. The van der Waals surface area contributed by atoms with E-state index in [-0.39, 0.29) is 18.0 Å². The van der Waals surface area contributed by atoms with Crippen LogP contribution in [0.25, 0.3) is 22.3 Å². The first-order chi connectivity index (χ1) is 24.3. The molecule has 0 bridgehead atoms. The number of nitrogens with zero attached hydrogens (tertiary/aromatic N) is 2. The minimum atomic E-state index is -0.223. The highest BCUT2D eigenvalue weighted by atomic mass is 35.5. The van der Waals surface area contributed by atoms with Gasteiger partial charge in [0.15, 0.2) is 0 Å². The molecule has 7 rings (SSSR count). The first-order valence-corrected chi connectivity index (χ1v) is 18.0. The first kappa shape index (κ1) is 34.5. The van der Waals surface area contributed by atoms with E-state index in [0.717, 1.165) is 72.2 Å². The number of Topliss-reactive ketones (excluding diaryl/α,β-unsaturated/α-hetero) is 1. The van der Waals surface area contributed by atoms with Crippen molar-refractivity contribution in [3.05, 3.63) is 99.0 Å². The molecular weight excluding hydrogens is 673 g/mol. The Morgan fingerprint density at radius 1 is 0.940 bits per heavy atom. The lowest BCUT2D eigenvalue weighted by molar-refractivity contribution is -0.151. The summed E-state index contributed by atoms with van der Waals surface area (Å²) in [6.07, 6.45) is 3.81. The summed E-state index contributed by atoms with van der Waals surface area (Å²) in [5, 5.41) is 4.65.